The van der Waals surface area contributed by atoms with Gasteiger partial charge in [-0.25, -0.2) is 5.01 Å². The largest absolute Gasteiger partial charge is 0.366 e. The van der Waals surface area contributed by atoms with Gasteiger partial charge in [-0.3, -0.25) is 4.79 Å². The van der Waals surface area contributed by atoms with Crippen LogP contribution in [0, 0.1) is 5.92 Å². The fraction of sp³-hybridized carbons (Fsp3) is 0.455. The molecule has 16 heavy (non-hydrogen) atoms. The van der Waals surface area contributed by atoms with Gasteiger partial charge in [-0.15, -0.1) is 0 Å². The van der Waals surface area contributed by atoms with Gasteiger partial charge < -0.3 is 5.32 Å². The standard InChI is InChI=1S/C11H12ClN3O/c1-6-9(7-2-3-7)11-13-5-4-8(16)15(11)14-10(6)12/h4-5,7,11,13H,2-3H2,1H3. The van der Waals surface area contributed by atoms with Crippen LogP contribution in [-0.4, -0.2) is 22.3 Å². The van der Waals surface area contributed by atoms with E-state index >= 15 is 0 Å². The van der Waals surface area contributed by atoms with Crippen molar-refractivity contribution in [3.8, 4) is 0 Å². The van der Waals surface area contributed by atoms with Crippen LogP contribution in [0.25, 0.3) is 0 Å². The topological polar surface area (TPSA) is 44.7 Å². The van der Waals surface area contributed by atoms with Crippen molar-refractivity contribution in [1.29, 1.82) is 0 Å². The fourth-order valence-electron chi connectivity index (χ4n) is 2.23. The quantitative estimate of drug-likeness (QED) is 0.752. The second-order valence-electron chi connectivity index (χ2n) is 4.33. The summed E-state index contributed by atoms with van der Waals surface area (Å²) in [4.78, 5) is 11.7. The highest BCUT2D eigenvalue weighted by atomic mass is 35.5. The third-order valence-corrected chi connectivity index (χ3v) is 3.56. The Kier molecular flexibility index (Phi) is 2.07. The Hall–Kier alpha value is -1.29. The lowest BCUT2D eigenvalue weighted by molar-refractivity contribution is -0.129. The number of amides is 1. The maximum absolute atomic E-state index is 11.7. The predicted molar refractivity (Wildman–Crippen MR) is 61.6 cm³/mol. The lowest BCUT2D eigenvalue weighted by atomic mass is 9.99. The van der Waals surface area contributed by atoms with E-state index in [2.05, 4.69) is 10.4 Å². The molecule has 3 rings (SSSR count). The number of halogens is 1. The van der Waals surface area contributed by atoms with E-state index in [0.29, 0.717) is 11.1 Å². The zero-order chi connectivity index (χ0) is 11.3. The summed E-state index contributed by atoms with van der Waals surface area (Å²) in [5.41, 5.74) is 2.23. The van der Waals surface area contributed by atoms with Crippen LogP contribution in [0.15, 0.2) is 28.5 Å². The first-order valence-corrected chi connectivity index (χ1v) is 5.77. The fourth-order valence-corrected chi connectivity index (χ4v) is 2.42. The lowest BCUT2D eigenvalue weighted by Gasteiger charge is -2.35. The Labute approximate surface area is 98.6 Å². The Morgan fingerprint density at radius 2 is 2.31 bits per heavy atom. The maximum atomic E-state index is 11.7. The highest BCUT2D eigenvalue weighted by Gasteiger charge is 2.40. The molecule has 3 aliphatic rings. The van der Waals surface area contributed by atoms with Gasteiger partial charge in [0, 0.05) is 12.3 Å². The summed E-state index contributed by atoms with van der Waals surface area (Å²) in [6, 6.07) is 0. The minimum absolute atomic E-state index is 0.118. The summed E-state index contributed by atoms with van der Waals surface area (Å²) in [6.07, 6.45) is 5.39. The van der Waals surface area contributed by atoms with Crippen molar-refractivity contribution >= 4 is 22.7 Å². The summed E-state index contributed by atoms with van der Waals surface area (Å²) in [5, 5.41) is 9.16. The smallest absolute Gasteiger partial charge is 0.270 e. The lowest BCUT2D eigenvalue weighted by Crippen LogP contribution is -2.50. The molecular formula is C11H12ClN3O. The first kappa shape index (κ1) is 9.90. The van der Waals surface area contributed by atoms with Crippen molar-refractivity contribution in [2.75, 3.05) is 0 Å². The number of nitrogens with one attached hydrogen (secondary N) is 1. The first-order valence-electron chi connectivity index (χ1n) is 5.39. The summed E-state index contributed by atoms with van der Waals surface area (Å²) in [5.74, 6) is 0.441. The van der Waals surface area contributed by atoms with Gasteiger partial charge in [-0.1, -0.05) is 11.6 Å². The van der Waals surface area contributed by atoms with E-state index in [1.165, 1.54) is 29.5 Å². The van der Waals surface area contributed by atoms with Crippen molar-refractivity contribution in [3.05, 3.63) is 23.4 Å². The van der Waals surface area contributed by atoms with E-state index in [1.807, 2.05) is 6.92 Å². The number of rotatable bonds is 1. The average molecular weight is 238 g/mol. The summed E-state index contributed by atoms with van der Waals surface area (Å²) in [6.45, 7) is 1.97. The molecule has 1 fully saturated rings. The third-order valence-electron chi connectivity index (χ3n) is 3.20. The molecule has 1 atom stereocenters. The normalized spacial score (nSPS) is 28.9. The molecule has 1 aliphatic carbocycles. The van der Waals surface area contributed by atoms with Gasteiger partial charge in [-0.05, 0) is 36.8 Å². The number of nitrogens with zero attached hydrogens (tertiary/aromatic N) is 2. The molecule has 0 aromatic rings. The van der Waals surface area contributed by atoms with Crippen molar-refractivity contribution in [2.24, 2.45) is 11.0 Å². The number of carbonyl (C=O) groups is 1. The third kappa shape index (κ3) is 1.37. The van der Waals surface area contributed by atoms with Crippen LogP contribution in [-0.2, 0) is 4.79 Å². The van der Waals surface area contributed by atoms with Crippen molar-refractivity contribution < 1.29 is 4.79 Å². The monoisotopic (exact) mass is 237 g/mol. The predicted octanol–water partition coefficient (Wildman–Crippen LogP) is 1.55. The van der Waals surface area contributed by atoms with Crippen LogP contribution in [0.4, 0.5) is 0 Å². The van der Waals surface area contributed by atoms with Gasteiger partial charge in [0.05, 0.1) is 0 Å². The molecule has 1 unspecified atom stereocenters. The molecule has 2 heterocycles. The van der Waals surface area contributed by atoms with Crippen LogP contribution < -0.4 is 5.32 Å². The number of hydrogen-bond donors (Lipinski definition) is 1. The van der Waals surface area contributed by atoms with E-state index in [-0.39, 0.29) is 12.1 Å². The Balaban J connectivity index is 2.06. The SMILES string of the molecule is CC1=C(C2CC2)C2NC=CC(=O)N2N=C1Cl. The number of fused-ring (bicyclic) bond motifs is 1. The second kappa shape index (κ2) is 3.35. The highest BCUT2D eigenvalue weighted by Crippen LogP contribution is 2.42. The molecule has 1 N–H and O–H groups in total. The molecule has 0 aromatic carbocycles. The Bertz CT molecular complexity index is 448. The van der Waals surface area contributed by atoms with E-state index < -0.39 is 0 Å². The van der Waals surface area contributed by atoms with E-state index in [1.54, 1.807) is 6.20 Å². The molecular weight excluding hydrogens is 226 g/mol. The minimum Gasteiger partial charge on any atom is -0.366 e. The average Bonchev–Trinajstić information content (AvgIpc) is 3.06. The van der Waals surface area contributed by atoms with Crippen LogP contribution >= 0.6 is 11.6 Å². The van der Waals surface area contributed by atoms with E-state index in [4.69, 9.17) is 11.6 Å². The number of carbonyl (C=O) groups excluding carboxylic acids is 1. The highest BCUT2D eigenvalue weighted by molar-refractivity contribution is 6.69. The van der Waals surface area contributed by atoms with Crippen LogP contribution in [0.2, 0.25) is 0 Å². The van der Waals surface area contributed by atoms with Gasteiger partial charge in [-0.2, -0.15) is 5.10 Å². The minimum atomic E-state index is -0.132. The molecule has 0 radical (unpaired) electrons. The Morgan fingerprint density at radius 3 is 3.00 bits per heavy atom. The number of hydrogen-bond acceptors (Lipinski definition) is 3. The van der Waals surface area contributed by atoms with Crippen LogP contribution in [0.5, 0.6) is 0 Å². The van der Waals surface area contributed by atoms with Gasteiger partial charge in [0.15, 0.2) is 5.17 Å². The number of allylic oxidation sites excluding steroid dienone is 1. The molecule has 1 amide bonds. The van der Waals surface area contributed by atoms with Crippen molar-refractivity contribution in [2.45, 2.75) is 25.9 Å². The van der Waals surface area contributed by atoms with Gasteiger partial charge >= 0.3 is 0 Å². The molecule has 84 valence electrons. The molecule has 0 bridgehead atoms. The number of hydrazone groups is 1. The van der Waals surface area contributed by atoms with Crippen molar-refractivity contribution in [1.82, 2.24) is 10.3 Å². The second-order valence-corrected chi connectivity index (χ2v) is 4.69. The van der Waals surface area contributed by atoms with Crippen molar-refractivity contribution in [3.63, 3.8) is 0 Å². The van der Waals surface area contributed by atoms with E-state index in [0.717, 1.165) is 5.57 Å². The van der Waals surface area contributed by atoms with Gasteiger partial charge in [0.1, 0.15) is 6.17 Å². The van der Waals surface area contributed by atoms with Crippen LogP contribution in [0.3, 0.4) is 0 Å². The van der Waals surface area contributed by atoms with E-state index in [9.17, 15) is 4.79 Å². The summed E-state index contributed by atoms with van der Waals surface area (Å²) >= 11 is 6.07. The zero-order valence-corrected chi connectivity index (χ0v) is 9.66. The summed E-state index contributed by atoms with van der Waals surface area (Å²) < 4.78 is 0. The summed E-state index contributed by atoms with van der Waals surface area (Å²) in [7, 11) is 0. The molecule has 5 heteroatoms. The van der Waals surface area contributed by atoms with Gasteiger partial charge in [0.25, 0.3) is 5.91 Å². The molecule has 2 aliphatic heterocycles. The molecule has 0 saturated heterocycles. The Morgan fingerprint density at radius 1 is 1.56 bits per heavy atom. The molecule has 1 saturated carbocycles. The molecule has 0 aromatic heterocycles. The molecule has 4 nitrogen and oxygen atoms in total. The zero-order valence-electron chi connectivity index (χ0n) is 8.90. The molecule has 0 spiro atoms. The maximum Gasteiger partial charge on any atom is 0.270 e. The van der Waals surface area contributed by atoms with Crippen LogP contribution in [0.1, 0.15) is 19.8 Å². The first-order chi connectivity index (χ1) is 7.68. The van der Waals surface area contributed by atoms with Gasteiger partial charge in [0.2, 0.25) is 0 Å².